The summed E-state index contributed by atoms with van der Waals surface area (Å²) in [5.74, 6) is -1.85. The van der Waals surface area contributed by atoms with Crippen LogP contribution >= 0.6 is 15.9 Å². The van der Waals surface area contributed by atoms with Gasteiger partial charge in [-0.15, -0.1) is 13.2 Å². The first-order valence-electron chi connectivity index (χ1n) is 12.9. The summed E-state index contributed by atoms with van der Waals surface area (Å²) >= 11 is 3.33. The van der Waals surface area contributed by atoms with Gasteiger partial charge in [0, 0.05) is 29.6 Å². The molecule has 12 nitrogen and oxygen atoms in total. The van der Waals surface area contributed by atoms with Crippen LogP contribution in [0.2, 0.25) is 0 Å². The lowest BCUT2D eigenvalue weighted by atomic mass is 9.89. The number of rotatable bonds is 13. The normalized spacial score (nSPS) is 18.6. The summed E-state index contributed by atoms with van der Waals surface area (Å²) in [5, 5.41) is 10.3. The number of halogens is 1. The van der Waals surface area contributed by atoms with E-state index >= 15 is 0 Å². The second kappa shape index (κ2) is 16.2. The maximum atomic E-state index is 13.3. The van der Waals surface area contributed by atoms with Crippen molar-refractivity contribution in [1.82, 2.24) is 21.3 Å². The van der Waals surface area contributed by atoms with Crippen LogP contribution in [0, 0.1) is 5.92 Å². The molecule has 1 aromatic rings. The molecule has 1 aromatic carbocycles. The van der Waals surface area contributed by atoms with Gasteiger partial charge < -0.3 is 36.5 Å². The van der Waals surface area contributed by atoms with E-state index < -0.39 is 54.2 Å². The minimum absolute atomic E-state index is 0.0565. The number of carbonyl (C=O) groups is 5. The molecule has 5 amide bonds. The highest BCUT2D eigenvalue weighted by Crippen LogP contribution is 2.27. The molecular weight excluding hydrogens is 598 g/mol. The lowest BCUT2D eigenvalue weighted by Gasteiger charge is -2.36. The predicted molar refractivity (Wildman–Crippen MR) is 156 cm³/mol. The monoisotopic (exact) mass is 633 g/mol. The van der Waals surface area contributed by atoms with Gasteiger partial charge >= 0.3 is 12.2 Å². The topological polar surface area (TPSA) is 178 Å². The molecule has 0 fully saturated rings. The molecule has 0 saturated carbocycles. The van der Waals surface area contributed by atoms with Gasteiger partial charge in [-0.3, -0.25) is 14.4 Å². The Morgan fingerprint density at radius 2 is 1.63 bits per heavy atom. The molecule has 6 N–H and O–H groups in total. The van der Waals surface area contributed by atoms with Gasteiger partial charge in [0.25, 0.3) is 5.91 Å². The molecule has 0 radical (unpaired) electrons. The lowest BCUT2D eigenvalue weighted by molar-refractivity contribution is -0.126. The molecule has 0 saturated heterocycles. The minimum atomic E-state index is -1.24. The summed E-state index contributed by atoms with van der Waals surface area (Å²) in [5.41, 5.74) is 5.86. The molecule has 4 atom stereocenters. The number of benzene rings is 1. The number of alkyl carbamates (subject to hydrolysis) is 2. The molecule has 2 rings (SSSR count). The summed E-state index contributed by atoms with van der Waals surface area (Å²) in [6, 6.07) is 4.58. The largest absolute Gasteiger partial charge is 0.442 e. The van der Waals surface area contributed by atoms with Crippen molar-refractivity contribution >= 4 is 45.8 Å². The Kier molecular flexibility index (Phi) is 13.1. The Bertz CT molecular complexity index is 1190. The van der Waals surface area contributed by atoms with Crippen LogP contribution in [0.5, 0.6) is 0 Å². The van der Waals surface area contributed by atoms with Gasteiger partial charge in [-0.05, 0) is 46.5 Å². The number of ether oxygens (including phenoxy) is 2. The van der Waals surface area contributed by atoms with E-state index in [4.69, 9.17) is 15.2 Å². The van der Waals surface area contributed by atoms with Gasteiger partial charge in [-0.2, -0.15) is 0 Å². The number of hydrogen-bond acceptors (Lipinski definition) is 7. The molecule has 1 aliphatic rings. The molecule has 0 aromatic heterocycles. The van der Waals surface area contributed by atoms with Gasteiger partial charge in [-0.25, -0.2) is 9.59 Å². The fourth-order valence-corrected chi connectivity index (χ4v) is 4.46. The van der Waals surface area contributed by atoms with E-state index in [1.165, 1.54) is 18.2 Å². The van der Waals surface area contributed by atoms with Crippen molar-refractivity contribution in [3.05, 3.63) is 71.3 Å². The standard InChI is InChI=1S/C28H36BrN5O7/c1-5-11-31-27(38)40-22-15-17(25(36)34-21(24(30)35)13-16(3)4)14-20(23(22)41-28(39)32-12-6-2)33-26(37)18-9-7-8-10-19(18)29/h5-10,14,16,20-23H,1-2,11-13,15H2,3-4H3,(H2,30,35)(H,31,38)(H,32,39)(H,33,37)(H,34,36)/t20-,21-,22-,23-/m1/s1. The van der Waals surface area contributed by atoms with Gasteiger partial charge in [0.2, 0.25) is 11.8 Å². The summed E-state index contributed by atoms with van der Waals surface area (Å²) in [6.07, 6.45) is 0.240. The van der Waals surface area contributed by atoms with Gasteiger partial charge in [0.1, 0.15) is 12.1 Å². The highest BCUT2D eigenvalue weighted by molar-refractivity contribution is 9.10. The maximum absolute atomic E-state index is 13.3. The van der Waals surface area contributed by atoms with Gasteiger partial charge in [0.05, 0.1) is 11.6 Å². The molecule has 0 aliphatic heterocycles. The van der Waals surface area contributed by atoms with E-state index in [1.54, 1.807) is 24.3 Å². The minimum Gasteiger partial charge on any atom is -0.442 e. The van der Waals surface area contributed by atoms with Crippen molar-refractivity contribution in [1.29, 1.82) is 0 Å². The molecule has 0 bridgehead atoms. The number of amides is 5. The highest BCUT2D eigenvalue weighted by Gasteiger charge is 2.42. The van der Waals surface area contributed by atoms with Crippen LogP contribution in [-0.4, -0.2) is 67.3 Å². The van der Waals surface area contributed by atoms with E-state index in [-0.39, 0.29) is 36.6 Å². The zero-order valence-electron chi connectivity index (χ0n) is 23.0. The average molecular weight is 635 g/mol. The summed E-state index contributed by atoms with van der Waals surface area (Å²) in [4.78, 5) is 63.6. The van der Waals surface area contributed by atoms with E-state index in [2.05, 4.69) is 50.4 Å². The second-order valence-corrected chi connectivity index (χ2v) is 10.4. The van der Waals surface area contributed by atoms with Crippen LogP contribution in [0.25, 0.3) is 0 Å². The average Bonchev–Trinajstić information content (AvgIpc) is 2.91. The first-order valence-corrected chi connectivity index (χ1v) is 13.7. The number of hydrogen-bond donors (Lipinski definition) is 5. The molecule has 41 heavy (non-hydrogen) atoms. The Hall–Kier alpha value is -4.13. The molecule has 0 spiro atoms. The molecular formula is C28H36BrN5O7. The van der Waals surface area contributed by atoms with Crippen LogP contribution < -0.4 is 27.0 Å². The fraction of sp³-hybridized carbons (Fsp3) is 0.393. The Balaban J connectivity index is 2.49. The van der Waals surface area contributed by atoms with Crippen LogP contribution in [-0.2, 0) is 19.1 Å². The Morgan fingerprint density at radius 1 is 1.02 bits per heavy atom. The third kappa shape index (κ3) is 10.4. The van der Waals surface area contributed by atoms with E-state index in [0.29, 0.717) is 10.9 Å². The molecule has 222 valence electrons. The molecule has 0 heterocycles. The van der Waals surface area contributed by atoms with Crippen molar-refractivity contribution in [2.24, 2.45) is 11.7 Å². The third-order valence-corrected chi connectivity index (χ3v) is 6.56. The van der Waals surface area contributed by atoms with Crippen LogP contribution in [0.1, 0.15) is 37.0 Å². The number of carbonyl (C=O) groups excluding carboxylic acids is 5. The van der Waals surface area contributed by atoms with E-state index in [0.717, 1.165) is 0 Å². The molecule has 13 heteroatoms. The summed E-state index contributed by atoms with van der Waals surface area (Å²) in [7, 11) is 0. The Morgan fingerprint density at radius 3 is 2.20 bits per heavy atom. The number of primary amides is 1. The second-order valence-electron chi connectivity index (χ2n) is 9.59. The van der Waals surface area contributed by atoms with E-state index in [1.807, 2.05) is 13.8 Å². The van der Waals surface area contributed by atoms with E-state index in [9.17, 15) is 24.0 Å². The zero-order valence-corrected chi connectivity index (χ0v) is 24.6. The number of nitrogens with one attached hydrogen (secondary N) is 4. The molecule has 1 aliphatic carbocycles. The van der Waals surface area contributed by atoms with Crippen molar-refractivity contribution in [3.8, 4) is 0 Å². The summed E-state index contributed by atoms with van der Waals surface area (Å²) in [6.45, 7) is 11.0. The quantitative estimate of drug-likeness (QED) is 0.207. The third-order valence-electron chi connectivity index (χ3n) is 5.87. The van der Waals surface area contributed by atoms with Crippen molar-refractivity contribution < 1.29 is 33.4 Å². The smallest absolute Gasteiger partial charge is 0.407 e. The van der Waals surface area contributed by atoms with Crippen molar-refractivity contribution in [2.45, 2.75) is 51.0 Å². The van der Waals surface area contributed by atoms with Gasteiger partial charge in [0.15, 0.2) is 6.10 Å². The Labute approximate surface area is 247 Å². The zero-order chi connectivity index (χ0) is 30.5. The van der Waals surface area contributed by atoms with Crippen molar-refractivity contribution in [2.75, 3.05) is 13.1 Å². The molecule has 0 unspecified atom stereocenters. The van der Waals surface area contributed by atoms with Crippen LogP contribution in [0.3, 0.4) is 0 Å². The highest BCUT2D eigenvalue weighted by atomic mass is 79.9. The van der Waals surface area contributed by atoms with Crippen LogP contribution in [0.4, 0.5) is 9.59 Å². The fourth-order valence-electron chi connectivity index (χ4n) is 3.99. The summed E-state index contributed by atoms with van der Waals surface area (Å²) < 4.78 is 11.7. The maximum Gasteiger partial charge on any atom is 0.407 e. The lowest BCUT2D eigenvalue weighted by Crippen LogP contribution is -2.56. The SMILES string of the molecule is C=CCNC(=O)O[C@@H]1[C@H](NC(=O)c2ccccc2Br)C=C(C(=O)N[C@H](CC(C)C)C(N)=O)C[C@H]1OC(=O)NCC=C. The van der Waals surface area contributed by atoms with Gasteiger partial charge in [-0.1, -0.05) is 38.1 Å². The van der Waals surface area contributed by atoms with Crippen molar-refractivity contribution in [3.63, 3.8) is 0 Å². The number of nitrogens with two attached hydrogens (primary N) is 1. The predicted octanol–water partition coefficient (Wildman–Crippen LogP) is 2.46. The first-order chi connectivity index (χ1) is 19.5. The van der Waals surface area contributed by atoms with Crippen LogP contribution in [0.15, 0.2) is 65.7 Å². The first kappa shape index (κ1) is 33.1.